The van der Waals surface area contributed by atoms with Crippen LogP contribution in [0.2, 0.25) is 0 Å². The molecule has 0 fully saturated rings. The molecule has 0 radical (unpaired) electrons. The van der Waals surface area contributed by atoms with Crippen molar-refractivity contribution >= 4 is 59.5 Å². The summed E-state index contributed by atoms with van der Waals surface area (Å²) in [5.41, 5.74) is 24.9. The van der Waals surface area contributed by atoms with E-state index in [0.29, 0.717) is 11.3 Å². The molecule has 0 aromatic heterocycles. The third-order valence-electron chi connectivity index (χ3n) is 17.5. The molecule has 0 bridgehead atoms. The Morgan fingerprint density at radius 3 is 1.17 bits per heavy atom. The Bertz CT molecular complexity index is 4390. The van der Waals surface area contributed by atoms with Crippen molar-refractivity contribution in [2.24, 2.45) is 0 Å². The van der Waals surface area contributed by atoms with Crippen molar-refractivity contribution in [2.45, 2.75) is 38.5 Å². The summed E-state index contributed by atoms with van der Waals surface area (Å²) >= 11 is 0. The maximum atomic E-state index is 10.9. The fourth-order valence-electron chi connectivity index (χ4n) is 14.2. The third kappa shape index (κ3) is 4.82. The number of benzene rings is 12. The van der Waals surface area contributed by atoms with Crippen molar-refractivity contribution in [3.8, 4) is 95.1 Å². The van der Waals surface area contributed by atoms with Crippen molar-refractivity contribution in [2.75, 3.05) is 0 Å². The Kier molecular flexibility index (Phi) is 7.40. The molecule has 0 aliphatic heterocycles. The predicted octanol–water partition coefficient (Wildman–Crippen LogP) is 19.1. The lowest BCUT2D eigenvalue weighted by Gasteiger charge is -2.23. The van der Waals surface area contributed by atoms with Crippen molar-refractivity contribution in [3.05, 3.63) is 221 Å². The van der Waals surface area contributed by atoms with Gasteiger partial charge in [0.05, 0.1) is 18.2 Å². The van der Waals surface area contributed by atoms with E-state index in [4.69, 9.17) is 6.57 Å². The van der Waals surface area contributed by atoms with Crippen LogP contribution in [0.25, 0.3) is 148 Å². The fraction of sp³-hybridized carbons (Fsp3) is 0.0857. The molecule has 16 rings (SSSR count). The lowest BCUT2D eigenvalue weighted by molar-refractivity contribution is 0.660. The quantitative estimate of drug-likeness (QED) is 0.125. The summed E-state index contributed by atoms with van der Waals surface area (Å²) < 4.78 is 0. The predicted molar refractivity (Wildman–Crippen MR) is 300 cm³/mol. The maximum absolute atomic E-state index is 10.9. The molecule has 72 heavy (non-hydrogen) atoms. The molecule has 0 atom stereocenters. The van der Waals surface area contributed by atoms with E-state index in [1.807, 2.05) is 0 Å². The summed E-state index contributed by atoms with van der Waals surface area (Å²) in [6.07, 6.45) is 0. The van der Waals surface area contributed by atoms with Crippen molar-refractivity contribution in [1.82, 2.24) is 0 Å². The number of nitrogens with zero attached hydrogens (tertiary/aromatic N) is 2. The van der Waals surface area contributed by atoms with Crippen LogP contribution in [0.5, 0.6) is 0 Å². The van der Waals surface area contributed by atoms with E-state index in [0.717, 1.165) is 43.8 Å². The van der Waals surface area contributed by atoms with Gasteiger partial charge in [-0.05, 0) is 220 Å². The van der Waals surface area contributed by atoms with Crippen LogP contribution in [-0.4, -0.2) is 0 Å². The summed E-state index contributed by atoms with van der Waals surface area (Å²) in [5.74, 6) is 0. The molecule has 0 amide bonds. The SMILES string of the molecule is [C-]#[N+]c1cc(-c2cc3c4cc5c(cc4c(-c4cc(C#N)cc6c4-c4ccccc4C6(C)C)cc3c3cc4c(cc23)-c2cccc3cccc-4c23)-c2cccc3cccc-5c23)c2c(c1)C(C)(C)c1ccccc1-2. The van der Waals surface area contributed by atoms with Gasteiger partial charge in [-0.1, -0.05) is 155 Å². The van der Waals surface area contributed by atoms with Crippen LogP contribution in [0.4, 0.5) is 5.69 Å². The van der Waals surface area contributed by atoms with Crippen LogP contribution >= 0.6 is 0 Å². The second-order valence-corrected chi connectivity index (χ2v) is 21.7. The first kappa shape index (κ1) is 39.7. The summed E-state index contributed by atoms with van der Waals surface area (Å²) in [6, 6.07) is 70.6. The Labute approximate surface area is 417 Å². The normalized spacial score (nSPS) is 14.3. The molecule has 12 aromatic carbocycles. The number of hydrogen-bond acceptors (Lipinski definition) is 1. The Morgan fingerprint density at radius 2 is 0.722 bits per heavy atom. The molecule has 2 heteroatoms. The van der Waals surface area contributed by atoms with Crippen molar-refractivity contribution in [3.63, 3.8) is 0 Å². The second kappa shape index (κ2) is 13.4. The van der Waals surface area contributed by atoms with Crippen LogP contribution in [0.15, 0.2) is 182 Å². The Hall–Kier alpha value is -9.08. The zero-order valence-electron chi connectivity index (χ0n) is 40.2. The number of rotatable bonds is 2. The topological polar surface area (TPSA) is 28.1 Å². The van der Waals surface area contributed by atoms with E-state index in [1.165, 1.54) is 121 Å². The monoisotopic (exact) mass is 910 g/mol. The summed E-state index contributed by atoms with van der Waals surface area (Å²) in [6.45, 7) is 17.8. The van der Waals surface area contributed by atoms with Crippen molar-refractivity contribution < 1.29 is 0 Å². The minimum Gasteiger partial charge on any atom is -0.238 e. The van der Waals surface area contributed by atoms with Gasteiger partial charge in [0.25, 0.3) is 0 Å². The van der Waals surface area contributed by atoms with Gasteiger partial charge in [0, 0.05) is 10.8 Å². The maximum Gasteiger partial charge on any atom is 0.188 e. The standard InChI is InChI=1S/C70H42N2/c1-69(2)61-24-8-6-18-45(61)67-59(26-37(36-71)27-63(67)69)57-34-53-52-31-48-42-21-11-15-39-17-13-23-44(66(39)42)50(48)33-56(52)58(60-28-40(72-5)29-64-68(60)46-19-7-9-25-62(46)70(64,3)4)35-54(53)51-30-47-41-20-10-14-38-16-12-22-43(65(38)41)49(47)32-55(51)57/h6-35H,1-4H3. The first-order valence-corrected chi connectivity index (χ1v) is 25.1. The molecule has 0 N–H and O–H groups in total. The van der Waals surface area contributed by atoms with E-state index >= 15 is 0 Å². The zero-order valence-corrected chi connectivity index (χ0v) is 40.2. The van der Waals surface area contributed by atoms with E-state index in [1.54, 1.807) is 0 Å². The molecule has 332 valence electrons. The highest BCUT2D eigenvalue weighted by molar-refractivity contribution is 6.30. The van der Waals surface area contributed by atoms with Crippen LogP contribution in [0.3, 0.4) is 0 Å². The third-order valence-corrected chi connectivity index (χ3v) is 17.5. The van der Waals surface area contributed by atoms with Gasteiger partial charge in [0.1, 0.15) is 0 Å². The van der Waals surface area contributed by atoms with Gasteiger partial charge in [-0.25, -0.2) is 4.85 Å². The minimum absolute atomic E-state index is 0.295. The molecule has 0 saturated carbocycles. The average molecular weight is 911 g/mol. The van der Waals surface area contributed by atoms with Crippen LogP contribution < -0.4 is 0 Å². The molecule has 0 saturated heterocycles. The molecule has 2 nitrogen and oxygen atoms in total. The van der Waals surface area contributed by atoms with E-state index in [9.17, 15) is 5.26 Å². The molecule has 12 aromatic rings. The second-order valence-electron chi connectivity index (χ2n) is 21.7. The first-order valence-electron chi connectivity index (χ1n) is 25.1. The first-order chi connectivity index (χ1) is 35.1. The molecule has 0 heterocycles. The van der Waals surface area contributed by atoms with E-state index in [-0.39, 0.29) is 10.8 Å². The summed E-state index contributed by atoms with van der Waals surface area (Å²) in [4.78, 5) is 4.18. The van der Waals surface area contributed by atoms with Crippen LogP contribution in [-0.2, 0) is 10.8 Å². The number of fused-ring (bicyclic) bond motifs is 17. The Balaban J connectivity index is 1.12. The van der Waals surface area contributed by atoms with Gasteiger partial charge < -0.3 is 0 Å². The van der Waals surface area contributed by atoms with Gasteiger partial charge in [0.15, 0.2) is 5.69 Å². The zero-order chi connectivity index (χ0) is 48.1. The highest BCUT2D eigenvalue weighted by Crippen LogP contribution is 2.59. The van der Waals surface area contributed by atoms with Crippen molar-refractivity contribution in [1.29, 1.82) is 5.26 Å². The highest BCUT2D eigenvalue weighted by Gasteiger charge is 2.40. The summed E-state index contributed by atoms with van der Waals surface area (Å²) in [7, 11) is 0. The lowest BCUT2D eigenvalue weighted by Crippen LogP contribution is -2.15. The fourth-order valence-corrected chi connectivity index (χ4v) is 14.2. The average Bonchev–Trinajstić information content (AvgIpc) is 4.06. The smallest absolute Gasteiger partial charge is 0.188 e. The minimum atomic E-state index is -0.301. The largest absolute Gasteiger partial charge is 0.238 e. The van der Waals surface area contributed by atoms with Crippen LogP contribution in [0, 0.1) is 17.9 Å². The summed E-state index contributed by atoms with van der Waals surface area (Å²) in [5, 5.41) is 22.9. The van der Waals surface area contributed by atoms with Gasteiger partial charge >= 0.3 is 0 Å². The lowest BCUT2D eigenvalue weighted by atomic mass is 9.79. The van der Waals surface area contributed by atoms with E-state index in [2.05, 4.69) is 221 Å². The van der Waals surface area contributed by atoms with Gasteiger partial charge in [0.2, 0.25) is 0 Å². The molecular weight excluding hydrogens is 869 g/mol. The van der Waals surface area contributed by atoms with E-state index < -0.39 is 0 Å². The van der Waals surface area contributed by atoms with Gasteiger partial charge in [-0.3, -0.25) is 0 Å². The molecule has 4 aliphatic carbocycles. The molecule has 0 spiro atoms. The van der Waals surface area contributed by atoms with Gasteiger partial charge in [-0.15, -0.1) is 0 Å². The Morgan fingerprint density at radius 1 is 0.347 bits per heavy atom. The molecule has 4 aliphatic rings. The highest BCUT2D eigenvalue weighted by atomic mass is 14.6. The number of hydrogen-bond donors (Lipinski definition) is 0. The molecular formula is C70H42N2. The van der Waals surface area contributed by atoms with Gasteiger partial charge in [-0.2, -0.15) is 5.26 Å². The molecule has 0 unspecified atom stereocenters. The van der Waals surface area contributed by atoms with Crippen LogP contribution in [0.1, 0.15) is 55.5 Å². The number of nitriles is 1.